The molecule has 0 aliphatic heterocycles. The molecule has 64 valence electrons. The molecule has 11 heavy (non-hydrogen) atoms. The number of hydrogen-bond acceptors (Lipinski definition) is 5. The Kier molecular flexibility index (Phi) is 5.14. The van der Waals surface area contributed by atoms with Crippen LogP contribution in [0.1, 0.15) is 6.92 Å². The highest BCUT2D eigenvalue weighted by molar-refractivity contribution is 8.13. The zero-order valence-electron chi connectivity index (χ0n) is 6.57. The molecule has 0 saturated heterocycles. The Balaban J connectivity index is 3.78. The first-order valence-corrected chi connectivity index (χ1v) is 4.42. The van der Waals surface area contributed by atoms with Crippen molar-refractivity contribution in [3.05, 3.63) is 0 Å². The normalized spacial score (nSPS) is 11.1. The third kappa shape index (κ3) is 4.97. The molecule has 0 aromatic carbocycles. The van der Waals surface area contributed by atoms with Crippen LogP contribution >= 0.6 is 24.6 Å². The SMILES string of the molecule is CSC(C)=NOC(=O)N(C)S. The van der Waals surface area contributed by atoms with Crippen molar-refractivity contribution in [1.82, 2.24) is 4.31 Å². The van der Waals surface area contributed by atoms with Gasteiger partial charge in [-0.25, -0.2) is 4.79 Å². The minimum absolute atomic E-state index is 0.596. The predicted molar refractivity (Wildman–Crippen MR) is 49.9 cm³/mol. The van der Waals surface area contributed by atoms with E-state index in [1.54, 1.807) is 6.92 Å². The molecule has 0 unspecified atom stereocenters. The Morgan fingerprint density at radius 2 is 2.27 bits per heavy atom. The van der Waals surface area contributed by atoms with Gasteiger partial charge in [0.1, 0.15) is 5.04 Å². The van der Waals surface area contributed by atoms with E-state index in [4.69, 9.17) is 0 Å². The van der Waals surface area contributed by atoms with E-state index in [1.807, 2.05) is 6.26 Å². The first kappa shape index (κ1) is 10.6. The number of oxime groups is 1. The summed E-state index contributed by atoms with van der Waals surface area (Å²) in [4.78, 5) is 15.1. The molecule has 0 aliphatic rings. The second kappa shape index (κ2) is 5.31. The maximum absolute atomic E-state index is 10.7. The monoisotopic (exact) mass is 194 g/mol. The number of carbonyl (C=O) groups excluding carboxylic acids is 1. The summed E-state index contributed by atoms with van der Waals surface area (Å²) in [5, 5.41) is 4.19. The van der Waals surface area contributed by atoms with Crippen molar-refractivity contribution in [1.29, 1.82) is 0 Å². The van der Waals surface area contributed by atoms with E-state index in [0.717, 1.165) is 4.31 Å². The molecular weight excluding hydrogens is 184 g/mol. The molecule has 0 rings (SSSR count). The zero-order valence-corrected chi connectivity index (χ0v) is 8.28. The average molecular weight is 194 g/mol. The molecule has 1 amide bonds. The minimum atomic E-state index is -0.596. The van der Waals surface area contributed by atoms with E-state index in [9.17, 15) is 4.79 Å². The quantitative estimate of drug-likeness (QED) is 0.227. The Morgan fingerprint density at radius 3 is 2.64 bits per heavy atom. The van der Waals surface area contributed by atoms with Crippen LogP contribution in [-0.4, -0.2) is 28.7 Å². The van der Waals surface area contributed by atoms with Gasteiger partial charge in [-0.3, -0.25) is 9.14 Å². The van der Waals surface area contributed by atoms with Gasteiger partial charge in [0.05, 0.1) is 0 Å². The molecule has 4 nitrogen and oxygen atoms in total. The number of thioether (sulfide) groups is 1. The van der Waals surface area contributed by atoms with Crippen LogP contribution < -0.4 is 0 Å². The van der Waals surface area contributed by atoms with E-state index in [2.05, 4.69) is 22.8 Å². The van der Waals surface area contributed by atoms with Gasteiger partial charge in [0.15, 0.2) is 0 Å². The highest BCUT2D eigenvalue weighted by Crippen LogP contribution is 1.99. The Hall–Kier alpha value is -0.360. The van der Waals surface area contributed by atoms with Crippen LogP contribution in [0.4, 0.5) is 4.79 Å². The lowest BCUT2D eigenvalue weighted by molar-refractivity contribution is 0.137. The molecule has 0 aromatic rings. The lowest BCUT2D eigenvalue weighted by atomic mass is 10.9. The second-order valence-electron chi connectivity index (χ2n) is 1.70. The van der Waals surface area contributed by atoms with E-state index >= 15 is 0 Å². The lowest BCUT2D eigenvalue weighted by Gasteiger charge is -2.04. The molecule has 0 N–H and O–H groups in total. The molecular formula is C5H10N2O2S2. The largest absolute Gasteiger partial charge is 0.445 e. The first-order valence-electron chi connectivity index (χ1n) is 2.80. The summed E-state index contributed by atoms with van der Waals surface area (Å²) < 4.78 is 1.01. The van der Waals surface area contributed by atoms with Crippen LogP contribution in [0.5, 0.6) is 0 Å². The van der Waals surface area contributed by atoms with Crippen LogP contribution in [0.2, 0.25) is 0 Å². The van der Waals surface area contributed by atoms with Gasteiger partial charge >= 0.3 is 6.09 Å². The standard InChI is InChI=1S/C5H10N2O2S2/c1-4(11-3)6-9-5(8)7(2)10/h10H,1-3H3. The summed E-state index contributed by atoms with van der Waals surface area (Å²) in [5.41, 5.74) is 0. The van der Waals surface area contributed by atoms with Gasteiger partial charge < -0.3 is 0 Å². The number of thiol groups is 1. The fourth-order valence-electron chi connectivity index (χ4n) is 0.200. The van der Waals surface area contributed by atoms with E-state index in [0.29, 0.717) is 5.04 Å². The second-order valence-corrected chi connectivity index (χ2v) is 3.29. The minimum Gasteiger partial charge on any atom is -0.296 e. The summed E-state index contributed by atoms with van der Waals surface area (Å²) >= 11 is 5.12. The fraction of sp³-hybridized carbons (Fsp3) is 0.600. The van der Waals surface area contributed by atoms with Crippen molar-refractivity contribution in [3.63, 3.8) is 0 Å². The molecule has 0 aliphatic carbocycles. The topological polar surface area (TPSA) is 41.9 Å². The van der Waals surface area contributed by atoms with Gasteiger partial charge in [-0.15, -0.1) is 11.8 Å². The fourth-order valence-corrected chi connectivity index (χ4v) is 0.348. The van der Waals surface area contributed by atoms with Crippen LogP contribution in [0, 0.1) is 0 Å². The number of rotatable bonds is 1. The van der Waals surface area contributed by atoms with Crippen LogP contribution in [0.15, 0.2) is 5.16 Å². The summed E-state index contributed by atoms with van der Waals surface area (Å²) in [5.74, 6) is 0. The average Bonchev–Trinajstić information content (AvgIpc) is 1.99. The first-order chi connectivity index (χ1) is 5.07. The van der Waals surface area contributed by atoms with Crippen molar-refractivity contribution in [3.8, 4) is 0 Å². The third-order valence-corrected chi connectivity index (χ3v) is 1.64. The van der Waals surface area contributed by atoms with Crippen molar-refractivity contribution < 1.29 is 9.63 Å². The highest BCUT2D eigenvalue weighted by Gasteiger charge is 2.04. The molecule has 0 radical (unpaired) electrons. The Morgan fingerprint density at radius 1 is 1.73 bits per heavy atom. The van der Waals surface area contributed by atoms with Gasteiger partial charge in [-0.05, 0) is 13.2 Å². The van der Waals surface area contributed by atoms with Gasteiger partial charge in [-0.2, -0.15) is 0 Å². The maximum atomic E-state index is 10.7. The van der Waals surface area contributed by atoms with E-state index < -0.39 is 6.09 Å². The van der Waals surface area contributed by atoms with Crippen LogP contribution in [0.25, 0.3) is 0 Å². The third-order valence-electron chi connectivity index (χ3n) is 0.812. The summed E-state index contributed by atoms with van der Waals surface area (Å²) in [6, 6.07) is 0. The molecule has 0 aromatic heterocycles. The lowest BCUT2D eigenvalue weighted by Crippen LogP contribution is -2.15. The number of amides is 1. The molecule has 0 spiro atoms. The highest BCUT2D eigenvalue weighted by atomic mass is 32.2. The van der Waals surface area contributed by atoms with E-state index in [1.165, 1.54) is 18.8 Å². The zero-order chi connectivity index (χ0) is 8.85. The van der Waals surface area contributed by atoms with Crippen molar-refractivity contribution >= 4 is 35.7 Å². The van der Waals surface area contributed by atoms with Crippen molar-refractivity contribution in [2.24, 2.45) is 5.16 Å². The summed E-state index contributed by atoms with van der Waals surface area (Å²) in [6.45, 7) is 1.75. The molecule has 0 atom stereocenters. The molecule has 0 fully saturated rings. The Labute approximate surface area is 75.5 Å². The van der Waals surface area contributed by atoms with Crippen LogP contribution in [-0.2, 0) is 4.84 Å². The molecule has 0 bridgehead atoms. The van der Waals surface area contributed by atoms with E-state index in [-0.39, 0.29) is 0 Å². The summed E-state index contributed by atoms with van der Waals surface area (Å²) in [7, 11) is 1.47. The smallest absolute Gasteiger partial charge is 0.296 e. The van der Waals surface area contributed by atoms with Crippen molar-refractivity contribution in [2.45, 2.75) is 6.92 Å². The van der Waals surface area contributed by atoms with Gasteiger partial charge in [0.2, 0.25) is 0 Å². The number of nitrogens with zero attached hydrogens (tertiary/aromatic N) is 2. The predicted octanol–water partition coefficient (Wildman–Crippen LogP) is 1.60. The Bertz CT molecular complexity index is 170. The van der Waals surface area contributed by atoms with Crippen LogP contribution in [0.3, 0.4) is 0 Å². The van der Waals surface area contributed by atoms with Gasteiger partial charge in [0, 0.05) is 7.05 Å². The molecule has 0 heterocycles. The number of hydrogen-bond donors (Lipinski definition) is 1. The summed E-state index contributed by atoms with van der Waals surface area (Å²) in [6.07, 6.45) is 1.25. The van der Waals surface area contributed by atoms with Gasteiger partial charge in [-0.1, -0.05) is 18.0 Å². The molecule has 6 heteroatoms. The van der Waals surface area contributed by atoms with Crippen molar-refractivity contribution in [2.75, 3.05) is 13.3 Å². The van der Waals surface area contributed by atoms with Gasteiger partial charge in [0.25, 0.3) is 0 Å². The molecule has 0 saturated carbocycles. The maximum Gasteiger partial charge on any atom is 0.445 e. The number of carbonyl (C=O) groups is 1.